The average Bonchev–Trinajstić information content (AvgIpc) is 2.28. The van der Waals surface area contributed by atoms with Gasteiger partial charge in [0.05, 0.1) is 0 Å². The minimum Gasteiger partial charge on any atom is -0.508 e. The molecule has 2 heteroatoms. The number of aryl methyl sites for hydroxylation is 1. The number of phenols is 1. The van der Waals surface area contributed by atoms with E-state index < -0.39 is 0 Å². The van der Waals surface area contributed by atoms with Crippen LogP contribution in [0.25, 0.3) is 0 Å². The summed E-state index contributed by atoms with van der Waals surface area (Å²) in [6.45, 7) is 7.45. The summed E-state index contributed by atoms with van der Waals surface area (Å²) in [4.78, 5) is 2.31. The van der Waals surface area contributed by atoms with E-state index in [1.165, 1.54) is 19.3 Å². The summed E-state index contributed by atoms with van der Waals surface area (Å²) in [5.74, 6) is 0.417. The maximum absolute atomic E-state index is 9.96. The molecule has 0 aliphatic rings. The Labute approximate surface area is 105 Å². The van der Waals surface area contributed by atoms with Crippen LogP contribution in [0.2, 0.25) is 0 Å². The first kappa shape index (κ1) is 14.0. The summed E-state index contributed by atoms with van der Waals surface area (Å²) >= 11 is 0. The van der Waals surface area contributed by atoms with Crippen molar-refractivity contribution in [2.45, 2.75) is 46.1 Å². The maximum Gasteiger partial charge on any atom is 0.120 e. The highest BCUT2D eigenvalue weighted by Gasteiger charge is 2.14. The molecule has 1 atom stereocenters. The zero-order valence-electron chi connectivity index (χ0n) is 11.5. The lowest BCUT2D eigenvalue weighted by Gasteiger charge is -2.25. The third-order valence-electron chi connectivity index (χ3n) is 3.41. The van der Waals surface area contributed by atoms with Gasteiger partial charge in [0.25, 0.3) is 0 Å². The molecular formula is C15H25NO. The Bertz CT molecular complexity index is 349. The number of nitrogens with zero attached hydrogens (tertiary/aromatic N) is 1. The lowest BCUT2D eigenvalue weighted by atomic mass is 10.0. The summed E-state index contributed by atoms with van der Waals surface area (Å²) in [6, 6.07) is 6.20. The number of rotatable bonds is 6. The van der Waals surface area contributed by atoms with Crippen molar-refractivity contribution in [2.75, 3.05) is 13.6 Å². The van der Waals surface area contributed by atoms with Crippen molar-refractivity contribution < 1.29 is 5.11 Å². The molecule has 0 radical (unpaired) electrons. The molecule has 17 heavy (non-hydrogen) atoms. The molecule has 0 bridgehead atoms. The van der Waals surface area contributed by atoms with E-state index in [4.69, 9.17) is 0 Å². The van der Waals surface area contributed by atoms with Gasteiger partial charge < -0.3 is 5.11 Å². The fraction of sp³-hybridized carbons (Fsp3) is 0.600. The quantitative estimate of drug-likeness (QED) is 0.756. The van der Waals surface area contributed by atoms with Crippen molar-refractivity contribution >= 4 is 0 Å². The number of hydrogen-bond acceptors (Lipinski definition) is 2. The standard InChI is InChI=1S/C15H25NO/c1-5-6-7-10-16(4)13(3)14-9-8-12(2)11-15(14)17/h8-9,11,13,17H,5-7,10H2,1-4H3. The zero-order chi connectivity index (χ0) is 12.8. The molecule has 0 saturated heterocycles. The van der Waals surface area contributed by atoms with Crippen molar-refractivity contribution in [3.63, 3.8) is 0 Å². The minimum atomic E-state index is 0.271. The van der Waals surface area contributed by atoms with Crippen LogP contribution in [0.5, 0.6) is 5.75 Å². The first-order valence-electron chi connectivity index (χ1n) is 6.56. The molecule has 1 rings (SSSR count). The number of phenolic OH excluding ortho intramolecular Hbond substituents is 1. The van der Waals surface area contributed by atoms with Gasteiger partial charge in [-0.05, 0) is 45.5 Å². The van der Waals surface area contributed by atoms with Crippen LogP contribution >= 0.6 is 0 Å². The fourth-order valence-electron chi connectivity index (χ4n) is 2.05. The van der Waals surface area contributed by atoms with Gasteiger partial charge in [-0.3, -0.25) is 4.90 Å². The van der Waals surface area contributed by atoms with Gasteiger partial charge in [-0.2, -0.15) is 0 Å². The molecule has 1 N–H and O–H groups in total. The molecule has 0 fully saturated rings. The van der Waals surface area contributed by atoms with E-state index in [0.717, 1.165) is 17.7 Å². The molecular weight excluding hydrogens is 210 g/mol. The molecule has 2 nitrogen and oxygen atoms in total. The SMILES string of the molecule is CCCCCN(C)C(C)c1ccc(C)cc1O. The van der Waals surface area contributed by atoms with Crippen molar-refractivity contribution in [1.82, 2.24) is 4.90 Å². The highest BCUT2D eigenvalue weighted by molar-refractivity contribution is 5.37. The van der Waals surface area contributed by atoms with E-state index >= 15 is 0 Å². The van der Waals surface area contributed by atoms with E-state index in [9.17, 15) is 5.11 Å². The monoisotopic (exact) mass is 235 g/mol. The topological polar surface area (TPSA) is 23.5 Å². The van der Waals surface area contributed by atoms with E-state index in [1.54, 1.807) is 0 Å². The van der Waals surface area contributed by atoms with E-state index in [1.807, 2.05) is 19.1 Å². The predicted molar refractivity (Wildman–Crippen MR) is 73.4 cm³/mol. The summed E-state index contributed by atoms with van der Waals surface area (Å²) in [5.41, 5.74) is 2.13. The Morgan fingerprint density at radius 1 is 1.29 bits per heavy atom. The van der Waals surface area contributed by atoms with Crippen LogP contribution < -0.4 is 0 Å². The van der Waals surface area contributed by atoms with Crippen molar-refractivity contribution in [3.8, 4) is 5.75 Å². The minimum absolute atomic E-state index is 0.271. The number of benzene rings is 1. The van der Waals surface area contributed by atoms with E-state index in [-0.39, 0.29) is 6.04 Å². The maximum atomic E-state index is 9.96. The number of aromatic hydroxyl groups is 1. The third kappa shape index (κ3) is 4.04. The molecule has 0 saturated carbocycles. The van der Waals surface area contributed by atoms with Crippen LogP contribution in [0.15, 0.2) is 18.2 Å². The molecule has 1 aromatic rings. The van der Waals surface area contributed by atoms with Gasteiger partial charge >= 0.3 is 0 Å². The van der Waals surface area contributed by atoms with Crippen LogP contribution in [-0.2, 0) is 0 Å². The van der Waals surface area contributed by atoms with Gasteiger partial charge in [0, 0.05) is 11.6 Å². The van der Waals surface area contributed by atoms with Gasteiger partial charge in [0.2, 0.25) is 0 Å². The predicted octanol–water partition coefficient (Wildman–Crippen LogP) is 3.88. The molecule has 0 heterocycles. The lowest BCUT2D eigenvalue weighted by molar-refractivity contribution is 0.251. The van der Waals surface area contributed by atoms with Gasteiger partial charge in [-0.15, -0.1) is 0 Å². The molecule has 0 amide bonds. The van der Waals surface area contributed by atoms with Crippen LogP contribution in [0.4, 0.5) is 0 Å². The van der Waals surface area contributed by atoms with Gasteiger partial charge in [-0.25, -0.2) is 0 Å². The Kier molecular flexibility index (Phi) is 5.49. The highest BCUT2D eigenvalue weighted by atomic mass is 16.3. The molecule has 0 aliphatic heterocycles. The van der Waals surface area contributed by atoms with Gasteiger partial charge in [0.1, 0.15) is 5.75 Å². The van der Waals surface area contributed by atoms with Crippen molar-refractivity contribution in [2.24, 2.45) is 0 Å². The summed E-state index contributed by atoms with van der Waals surface area (Å²) < 4.78 is 0. The normalized spacial score (nSPS) is 13.0. The average molecular weight is 235 g/mol. The van der Waals surface area contributed by atoms with Crippen molar-refractivity contribution in [1.29, 1.82) is 0 Å². The van der Waals surface area contributed by atoms with Crippen molar-refractivity contribution in [3.05, 3.63) is 29.3 Å². The van der Waals surface area contributed by atoms with Crippen LogP contribution in [0, 0.1) is 6.92 Å². The largest absolute Gasteiger partial charge is 0.508 e. The second kappa shape index (κ2) is 6.65. The number of hydrogen-bond donors (Lipinski definition) is 1. The van der Waals surface area contributed by atoms with E-state index in [0.29, 0.717) is 5.75 Å². The summed E-state index contributed by atoms with van der Waals surface area (Å²) in [6.07, 6.45) is 3.75. The molecule has 0 aromatic heterocycles. The van der Waals surface area contributed by atoms with Gasteiger partial charge in [0.15, 0.2) is 0 Å². The first-order valence-corrected chi connectivity index (χ1v) is 6.56. The Morgan fingerprint density at radius 2 is 2.00 bits per heavy atom. The second-order valence-corrected chi connectivity index (χ2v) is 4.93. The Morgan fingerprint density at radius 3 is 2.59 bits per heavy atom. The molecule has 1 unspecified atom stereocenters. The van der Waals surface area contributed by atoms with Crippen LogP contribution in [0.1, 0.15) is 50.3 Å². The number of unbranched alkanes of at least 4 members (excludes halogenated alkanes) is 2. The highest BCUT2D eigenvalue weighted by Crippen LogP contribution is 2.28. The molecule has 96 valence electrons. The summed E-state index contributed by atoms with van der Waals surface area (Å²) in [7, 11) is 2.12. The second-order valence-electron chi connectivity index (χ2n) is 4.93. The third-order valence-corrected chi connectivity index (χ3v) is 3.41. The molecule has 0 aliphatic carbocycles. The molecule has 1 aromatic carbocycles. The lowest BCUT2D eigenvalue weighted by Crippen LogP contribution is -2.23. The Balaban J connectivity index is 2.64. The van der Waals surface area contributed by atoms with Crippen LogP contribution in [0.3, 0.4) is 0 Å². The molecule has 0 spiro atoms. The van der Waals surface area contributed by atoms with E-state index in [2.05, 4.69) is 31.9 Å². The summed E-state index contributed by atoms with van der Waals surface area (Å²) in [5, 5.41) is 9.96. The van der Waals surface area contributed by atoms with Crippen LogP contribution in [-0.4, -0.2) is 23.6 Å². The Hall–Kier alpha value is -1.02. The first-order chi connectivity index (χ1) is 8.06. The zero-order valence-corrected chi connectivity index (χ0v) is 11.5. The smallest absolute Gasteiger partial charge is 0.120 e. The fourth-order valence-corrected chi connectivity index (χ4v) is 2.05. The van der Waals surface area contributed by atoms with Gasteiger partial charge in [-0.1, -0.05) is 31.9 Å².